The van der Waals surface area contributed by atoms with Crippen LogP contribution >= 0.6 is 11.3 Å². The van der Waals surface area contributed by atoms with Gasteiger partial charge in [-0.25, -0.2) is 9.97 Å². The number of hydrogen-bond donors (Lipinski definition) is 1. The molecule has 0 aliphatic carbocycles. The fourth-order valence-electron chi connectivity index (χ4n) is 4.22. The summed E-state index contributed by atoms with van der Waals surface area (Å²) >= 11 is 1.59. The maximum atomic E-state index is 5.79. The van der Waals surface area contributed by atoms with E-state index in [9.17, 15) is 0 Å². The van der Waals surface area contributed by atoms with Crippen molar-refractivity contribution in [1.82, 2.24) is 14.9 Å². The molecule has 31 heavy (non-hydrogen) atoms. The largest absolute Gasteiger partial charge is 0.496 e. The van der Waals surface area contributed by atoms with Crippen LogP contribution in [-0.4, -0.2) is 41.7 Å². The number of anilines is 2. The molecule has 7 nitrogen and oxygen atoms in total. The molecule has 5 rings (SSSR count). The first-order chi connectivity index (χ1) is 15.2. The molecule has 2 aliphatic heterocycles. The number of methoxy groups -OCH3 is 1. The number of nitrogens with one attached hydrogen (secondary N) is 1. The highest BCUT2D eigenvalue weighted by atomic mass is 32.1. The molecule has 1 atom stereocenters. The highest BCUT2D eigenvalue weighted by Gasteiger charge is 2.29. The average molecular weight is 439 g/mol. The summed E-state index contributed by atoms with van der Waals surface area (Å²) in [4.78, 5) is 11.8. The highest BCUT2D eigenvalue weighted by molar-refractivity contribution is 7.13. The smallest absolute Gasteiger partial charge is 0.188 e. The third kappa shape index (κ3) is 4.31. The van der Waals surface area contributed by atoms with Gasteiger partial charge in [0, 0.05) is 23.6 Å². The number of thiazole rings is 1. The minimum atomic E-state index is 0.262. The number of ether oxygens (including phenoxy) is 3. The van der Waals surface area contributed by atoms with Crippen molar-refractivity contribution in [2.75, 3.05) is 32.2 Å². The third-order valence-corrected chi connectivity index (χ3v) is 6.52. The second-order valence-electron chi connectivity index (χ2n) is 7.80. The van der Waals surface area contributed by atoms with Gasteiger partial charge < -0.3 is 19.5 Å². The first kappa shape index (κ1) is 20.1. The van der Waals surface area contributed by atoms with E-state index in [1.807, 2.05) is 24.4 Å². The Bertz CT molecular complexity index is 1070. The van der Waals surface area contributed by atoms with E-state index in [0.717, 1.165) is 71.1 Å². The van der Waals surface area contributed by atoms with Crippen LogP contribution in [0.1, 0.15) is 35.8 Å². The number of nitrogens with zero attached hydrogens (tertiary/aromatic N) is 3. The summed E-state index contributed by atoms with van der Waals surface area (Å²) in [6.45, 7) is 4.94. The van der Waals surface area contributed by atoms with E-state index in [4.69, 9.17) is 19.2 Å². The topological polar surface area (TPSA) is 68.7 Å². The van der Waals surface area contributed by atoms with Crippen LogP contribution in [0, 0.1) is 6.92 Å². The van der Waals surface area contributed by atoms with Gasteiger partial charge in [0.2, 0.25) is 0 Å². The Morgan fingerprint density at radius 3 is 2.81 bits per heavy atom. The lowest BCUT2D eigenvalue weighted by Gasteiger charge is -2.26. The molecule has 2 aliphatic rings. The summed E-state index contributed by atoms with van der Waals surface area (Å²) in [5.74, 6) is 3.21. The molecular formula is C23H26N4O3S. The zero-order chi connectivity index (χ0) is 21.2. The highest BCUT2D eigenvalue weighted by Crippen LogP contribution is 2.40. The first-order valence-corrected chi connectivity index (χ1v) is 11.4. The Morgan fingerprint density at radius 1 is 1.19 bits per heavy atom. The summed E-state index contributed by atoms with van der Waals surface area (Å²) in [6, 6.07) is 10.4. The van der Waals surface area contributed by atoms with Gasteiger partial charge in [-0.2, -0.15) is 0 Å². The maximum Gasteiger partial charge on any atom is 0.188 e. The van der Waals surface area contributed by atoms with Gasteiger partial charge in [-0.05, 0) is 44.5 Å². The number of aryl methyl sites for hydroxylation is 1. The van der Waals surface area contributed by atoms with Crippen molar-refractivity contribution in [2.24, 2.45) is 0 Å². The molecule has 1 fully saturated rings. The third-order valence-electron chi connectivity index (χ3n) is 5.65. The summed E-state index contributed by atoms with van der Waals surface area (Å²) in [7, 11) is 1.70. The van der Waals surface area contributed by atoms with E-state index in [1.54, 1.807) is 18.4 Å². The van der Waals surface area contributed by atoms with Gasteiger partial charge in [-0.3, -0.25) is 4.90 Å². The fourth-order valence-corrected chi connectivity index (χ4v) is 4.92. The predicted molar refractivity (Wildman–Crippen MR) is 121 cm³/mol. The molecule has 0 bridgehead atoms. The lowest BCUT2D eigenvalue weighted by molar-refractivity contribution is 0.169. The van der Waals surface area contributed by atoms with Gasteiger partial charge in [0.1, 0.15) is 24.8 Å². The van der Waals surface area contributed by atoms with Gasteiger partial charge in [0.25, 0.3) is 0 Å². The number of hydrogen-bond acceptors (Lipinski definition) is 8. The molecule has 8 heteroatoms. The van der Waals surface area contributed by atoms with Crippen LogP contribution < -0.4 is 19.5 Å². The zero-order valence-corrected chi connectivity index (χ0v) is 18.6. The normalized spacial score (nSPS) is 18.2. The van der Waals surface area contributed by atoms with Crippen LogP contribution in [0.5, 0.6) is 17.2 Å². The molecule has 0 unspecified atom stereocenters. The Kier molecular flexibility index (Phi) is 5.65. The van der Waals surface area contributed by atoms with Crippen molar-refractivity contribution < 1.29 is 14.2 Å². The molecule has 0 amide bonds. The number of fused-ring (bicyclic) bond motifs is 1. The van der Waals surface area contributed by atoms with Crippen molar-refractivity contribution in [2.45, 2.75) is 32.4 Å². The molecule has 3 aromatic rings. The average Bonchev–Trinajstić information content (AvgIpc) is 3.42. The standard InChI is InChI=1S/C23H26N4O3S/c1-15-14-31-23(24-15)26-22-7-3-5-17(25-22)18-6-4-8-27(18)13-16-11-20-21(12-19(16)28-2)30-10-9-29-20/h3,5,7,11-12,14,18H,4,6,8-10,13H2,1-2H3,(H,24,25,26)/t18-/m0/s1. The van der Waals surface area contributed by atoms with Crippen LogP contribution in [-0.2, 0) is 6.54 Å². The molecule has 0 radical (unpaired) electrons. The van der Waals surface area contributed by atoms with Crippen molar-refractivity contribution in [1.29, 1.82) is 0 Å². The second-order valence-corrected chi connectivity index (χ2v) is 8.66. The Labute approximate surface area is 186 Å². The minimum Gasteiger partial charge on any atom is -0.496 e. The molecule has 1 aromatic carbocycles. The number of rotatable bonds is 6. The van der Waals surface area contributed by atoms with Gasteiger partial charge in [-0.15, -0.1) is 11.3 Å². The monoisotopic (exact) mass is 438 g/mol. The summed E-state index contributed by atoms with van der Waals surface area (Å²) in [5, 5.41) is 6.23. The molecule has 2 aromatic heterocycles. The molecule has 0 saturated carbocycles. The van der Waals surface area contributed by atoms with Crippen LogP contribution in [0.2, 0.25) is 0 Å². The van der Waals surface area contributed by atoms with Gasteiger partial charge in [0.15, 0.2) is 16.6 Å². The number of likely N-dealkylation sites (tertiary alicyclic amines) is 1. The number of benzene rings is 1. The van der Waals surface area contributed by atoms with E-state index in [2.05, 4.69) is 33.4 Å². The van der Waals surface area contributed by atoms with E-state index in [1.165, 1.54) is 0 Å². The Morgan fingerprint density at radius 2 is 2.03 bits per heavy atom. The lowest BCUT2D eigenvalue weighted by Crippen LogP contribution is -2.24. The molecule has 162 valence electrons. The minimum absolute atomic E-state index is 0.262. The van der Waals surface area contributed by atoms with Crippen LogP contribution in [0.4, 0.5) is 10.9 Å². The molecular weight excluding hydrogens is 412 g/mol. The van der Waals surface area contributed by atoms with Gasteiger partial charge >= 0.3 is 0 Å². The fraction of sp³-hybridized carbons (Fsp3) is 0.391. The van der Waals surface area contributed by atoms with E-state index < -0.39 is 0 Å². The van der Waals surface area contributed by atoms with Crippen molar-refractivity contribution >= 4 is 22.3 Å². The maximum absolute atomic E-state index is 5.79. The van der Waals surface area contributed by atoms with Gasteiger partial charge in [-0.1, -0.05) is 6.07 Å². The van der Waals surface area contributed by atoms with Crippen LogP contribution in [0.25, 0.3) is 0 Å². The summed E-state index contributed by atoms with van der Waals surface area (Å²) in [6.07, 6.45) is 2.22. The molecule has 0 spiro atoms. The predicted octanol–water partition coefficient (Wildman–Crippen LogP) is 4.71. The number of aromatic nitrogens is 2. The Hall–Kier alpha value is -2.84. The van der Waals surface area contributed by atoms with E-state index in [0.29, 0.717) is 13.2 Å². The number of pyridine rings is 1. The molecule has 1 N–H and O–H groups in total. The van der Waals surface area contributed by atoms with Crippen LogP contribution in [0.15, 0.2) is 35.7 Å². The first-order valence-electron chi connectivity index (χ1n) is 10.6. The van der Waals surface area contributed by atoms with Crippen LogP contribution in [0.3, 0.4) is 0 Å². The zero-order valence-electron chi connectivity index (χ0n) is 17.8. The van der Waals surface area contributed by atoms with Gasteiger partial charge in [0.05, 0.1) is 24.5 Å². The van der Waals surface area contributed by atoms with Crippen molar-refractivity contribution in [3.8, 4) is 17.2 Å². The Balaban J connectivity index is 1.36. The van der Waals surface area contributed by atoms with Crippen molar-refractivity contribution in [3.05, 3.63) is 52.7 Å². The lowest BCUT2D eigenvalue weighted by atomic mass is 10.1. The molecule has 1 saturated heterocycles. The second kappa shape index (κ2) is 8.72. The van der Waals surface area contributed by atoms with E-state index >= 15 is 0 Å². The van der Waals surface area contributed by atoms with Crippen molar-refractivity contribution in [3.63, 3.8) is 0 Å². The SMILES string of the molecule is COc1cc2c(cc1CN1CCC[C@H]1c1cccc(Nc3nc(C)cs3)n1)OCCO2. The van der Waals surface area contributed by atoms with E-state index in [-0.39, 0.29) is 6.04 Å². The molecule has 4 heterocycles. The quantitative estimate of drug-likeness (QED) is 0.598. The summed E-state index contributed by atoms with van der Waals surface area (Å²) in [5.41, 5.74) is 3.19. The summed E-state index contributed by atoms with van der Waals surface area (Å²) < 4.78 is 17.2.